The predicted octanol–water partition coefficient (Wildman–Crippen LogP) is 1.24. The van der Waals surface area contributed by atoms with Crippen LogP contribution < -0.4 is 5.73 Å². The van der Waals surface area contributed by atoms with Crippen molar-refractivity contribution >= 4 is 6.16 Å². The predicted molar refractivity (Wildman–Crippen MR) is 43.4 cm³/mol. The molecule has 12 heavy (non-hydrogen) atoms. The van der Waals surface area contributed by atoms with Gasteiger partial charge in [0.1, 0.15) is 0 Å². The van der Waals surface area contributed by atoms with E-state index in [9.17, 15) is 4.79 Å². The summed E-state index contributed by atoms with van der Waals surface area (Å²) in [6.45, 7) is 4.21. The smallest absolute Gasteiger partial charge is 0.392 e. The molecule has 0 amide bonds. The Labute approximate surface area is 72.0 Å². The molecule has 2 unspecified atom stereocenters. The zero-order valence-electron chi connectivity index (χ0n) is 7.45. The average molecular weight is 173 g/mol. The van der Waals surface area contributed by atoms with Crippen LogP contribution in [-0.4, -0.2) is 18.5 Å². The lowest BCUT2D eigenvalue weighted by atomic mass is 9.99. The van der Waals surface area contributed by atoms with Gasteiger partial charge < -0.3 is 15.2 Å². The van der Waals surface area contributed by atoms with E-state index in [4.69, 9.17) is 5.73 Å². The van der Waals surface area contributed by atoms with E-state index < -0.39 is 12.4 Å². The molecule has 1 saturated heterocycles. The fourth-order valence-corrected chi connectivity index (χ4v) is 1.12. The number of ether oxygens (including phenoxy) is 2. The molecule has 1 aliphatic heterocycles. The highest BCUT2D eigenvalue weighted by Gasteiger charge is 2.35. The molecule has 2 N–H and O–H groups in total. The van der Waals surface area contributed by atoms with Crippen molar-refractivity contribution < 1.29 is 14.3 Å². The topological polar surface area (TPSA) is 61.5 Å². The molecular formula is C8H15NO3. The monoisotopic (exact) mass is 173 g/mol. The third-order valence-corrected chi connectivity index (χ3v) is 2.15. The Bertz CT molecular complexity index is 164. The van der Waals surface area contributed by atoms with Crippen molar-refractivity contribution in [3.63, 3.8) is 0 Å². The molecule has 70 valence electrons. The largest absolute Gasteiger partial charge is 0.514 e. The van der Waals surface area contributed by atoms with Crippen molar-refractivity contribution in [1.29, 1.82) is 0 Å². The van der Waals surface area contributed by atoms with E-state index in [0.717, 1.165) is 12.8 Å². The quantitative estimate of drug-likeness (QED) is 0.650. The first-order chi connectivity index (χ1) is 5.63. The molecular weight excluding hydrogens is 158 g/mol. The van der Waals surface area contributed by atoms with Gasteiger partial charge in [-0.15, -0.1) is 0 Å². The van der Waals surface area contributed by atoms with Gasteiger partial charge in [-0.25, -0.2) is 4.79 Å². The molecule has 0 bridgehead atoms. The lowest BCUT2D eigenvalue weighted by Crippen LogP contribution is -2.49. The van der Waals surface area contributed by atoms with Crippen LogP contribution in [-0.2, 0) is 9.47 Å². The van der Waals surface area contributed by atoms with Gasteiger partial charge in [-0.2, -0.15) is 0 Å². The first-order valence-electron chi connectivity index (χ1n) is 4.26. The highest BCUT2D eigenvalue weighted by atomic mass is 16.9. The van der Waals surface area contributed by atoms with Crippen molar-refractivity contribution in [2.45, 2.75) is 39.0 Å². The zero-order valence-corrected chi connectivity index (χ0v) is 7.45. The Morgan fingerprint density at radius 3 is 2.58 bits per heavy atom. The van der Waals surface area contributed by atoms with Gasteiger partial charge in [0, 0.05) is 0 Å². The minimum atomic E-state index is -0.611. The number of rotatable bonds is 4. The van der Waals surface area contributed by atoms with Gasteiger partial charge in [-0.1, -0.05) is 20.3 Å². The average Bonchev–Trinajstić information content (AvgIpc) is 1.98. The van der Waals surface area contributed by atoms with Crippen LogP contribution in [0.2, 0.25) is 0 Å². The maximum absolute atomic E-state index is 10.3. The fraction of sp³-hybridized carbons (Fsp3) is 0.875. The number of nitrogens with two attached hydrogens (primary N) is 1. The molecule has 0 spiro atoms. The molecule has 1 fully saturated rings. The molecule has 0 aromatic heterocycles. The van der Waals surface area contributed by atoms with Gasteiger partial charge in [0.15, 0.2) is 0 Å². The van der Waals surface area contributed by atoms with Crippen LogP contribution in [0.1, 0.15) is 26.7 Å². The normalized spacial score (nSPS) is 22.1. The van der Waals surface area contributed by atoms with E-state index >= 15 is 0 Å². The second-order valence-corrected chi connectivity index (χ2v) is 3.27. The summed E-state index contributed by atoms with van der Waals surface area (Å²) in [4.78, 5) is 10.3. The molecule has 4 nitrogen and oxygen atoms in total. The van der Waals surface area contributed by atoms with Crippen molar-refractivity contribution in [3.05, 3.63) is 0 Å². The molecule has 1 heterocycles. The summed E-state index contributed by atoms with van der Waals surface area (Å²) < 4.78 is 9.32. The lowest BCUT2D eigenvalue weighted by molar-refractivity contribution is -0.194. The molecule has 0 aromatic carbocycles. The molecule has 1 aliphatic rings. The molecule has 0 aromatic rings. The Morgan fingerprint density at radius 2 is 2.17 bits per heavy atom. The van der Waals surface area contributed by atoms with Gasteiger partial charge in [0.25, 0.3) is 6.29 Å². The maximum Gasteiger partial charge on any atom is 0.514 e. The molecule has 0 saturated carbocycles. The van der Waals surface area contributed by atoms with Crippen molar-refractivity contribution in [3.8, 4) is 0 Å². The summed E-state index contributed by atoms with van der Waals surface area (Å²) in [6.07, 6.45) is 0.786. The van der Waals surface area contributed by atoms with Crippen LogP contribution in [0.25, 0.3) is 0 Å². The molecule has 4 heteroatoms. The molecule has 0 aliphatic carbocycles. The summed E-state index contributed by atoms with van der Waals surface area (Å²) in [5.74, 6) is 0.544. The second kappa shape index (κ2) is 3.76. The van der Waals surface area contributed by atoms with E-state index in [-0.39, 0.29) is 6.04 Å². The summed E-state index contributed by atoms with van der Waals surface area (Å²) in [7, 11) is 0. The summed E-state index contributed by atoms with van der Waals surface area (Å²) >= 11 is 0. The minimum Gasteiger partial charge on any atom is -0.392 e. The maximum atomic E-state index is 10.3. The van der Waals surface area contributed by atoms with Gasteiger partial charge in [0.05, 0.1) is 6.04 Å². The molecule has 2 atom stereocenters. The van der Waals surface area contributed by atoms with E-state index in [1.807, 2.05) is 0 Å². The van der Waals surface area contributed by atoms with Crippen LogP contribution in [0.3, 0.4) is 0 Å². The van der Waals surface area contributed by atoms with Crippen LogP contribution in [0.4, 0.5) is 4.79 Å². The number of carbonyl (C=O) groups excluding carboxylic acids is 1. The van der Waals surface area contributed by atoms with Crippen LogP contribution in [0.5, 0.6) is 0 Å². The Balaban J connectivity index is 2.20. The standard InChI is InChI=1S/C8H15NO3/c1-3-5(2)4-6(9)7-11-8(10)12-7/h5-7H,3-4,9H2,1-2H3. The Kier molecular flexibility index (Phi) is 2.92. The molecule has 1 rings (SSSR count). The molecule has 0 radical (unpaired) electrons. The SMILES string of the molecule is CCC(C)CC(N)C1OC(=O)O1. The van der Waals surface area contributed by atoms with E-state index in [2.05, 4.69) is 23.3 Å². The lowest BCUT2D eigenvalue weighted by Gasteiger charge is -2.31. The van der Waals surface area contributed by atoms with Crippen molar-refractivity contribution in [2.24, 2.45) is 11.7 Å². The number of hydrogen-bond acceptors (Lipinski definition) is 4. The first kappa shape index (κ1) is 9.32. The van der Waals surface area contributed by atoms with Gasteiger partial charge >= 0.3 is 6.16 Å². The minimum absolute atomic E-state index is 0.183. The number of hydrogen-bond donors (Lipinski definition) is 1. The van der Waals surface area contributed by atoms with E-state index in [1.165, 1.54) is 0 Å². The van der Waals surface area contributed by atoms with Gasteiger partial charge in [0.2, 0.25) is 0 Å². The summed E-state index contributed by atoms with van der Waals surface area (Å²) in [6, 6.07) is -0.183. The van der Waals surface area contributed by atoms with E-state index in [0.29, 0.717) is 5.92 Å². The van der Waals surface area contributed by atoms with Gasteiger partial charge in [-0.05, 0) is 12.3 Å². The highest BCUT2D eigenvalue weighted by Crippen LogP contribution is 2.19. The number of carbonyl (C=O) groups is 1. The summed E-state index contributed by atoms with van der Waals surface area (Å²) in [5.41, 5.74) is 5.72. The Morgan fingerprint density at radius 1 is 1.58 bits per heavy atom. The zero-order chi connectivity index (χ0) is 9.14. The van der Waals surface area contributed by atoms with Crippen LogP contribution in [0.15, 0.2) is 0 Å². The van der Waals surface area contributed by atoms with Crippen molar-refractivity contribution in [1.82, 2.24) is 0 Å². The second-order valence-electron chi connectivity index (χ2n) is 3.27. The first-order valence-corrected chi connectivity index (χ1v) is 4.26. The third-order valence-electron chi connectivity index (χ3n) is 2.15. The van der Waals surface area contributed by atoms with Crippen LogP contribution in [0, 0.1) is 5.92 Å². The van der Waals surface area contributed by atoms with E-state index in [1.54, 1.807) is 0 Å². The van der Waals surface area contributed by atoms with Gasteiger partial charge in [-0.3, -0.25) is 0 Å². The Hall–Kier alpha value is -0.770. The third kappa shape index (κ3) is 2.11. The highest BCUT2D eigenvalue weighted by molar-refractivity contribution is 5.64. The van der Waals surface area contributed by atoms with Crippen LogP contribution >= 0.6 is 0 Å². The van der Waals surface area contributed by atoms with Crippen molar-refractivity contribution in [2.75, 3.05) is 0 Å². The number of cyclic esters (lactones) is 2. The fourth-order valence-electron chi connectivity index (χ4n) is 1.12. The summed E-state index contributed by atoms with van der Waals surface area (Å²) in [5, 5.41) is 0.